The molecular formula is C34H43N5O4S2. The second kappa shape index (κ2) is 17.7. The van der Waals surface area contributed by atoms with Gasteiger partial charge in [0.1, 0.15) is 16.9 Å². The van der Waals surface area contributed by atoms with E-state index in [-0.39, 0.29) is 17.3 Å². The topological polar surface area (TPSA) is 134 Å². The summed E-state index contributed by atoms with van der Waals surface area (Å²) in [7, 11) is -4.00. The molecule has 240 valence electrons. The molecule has 0 aliphatic heterocycles. The number of pyridine rings is 2. The summed E-state index contributed by atoms with van der Waals surface area (Å²) < 4.78 is 27.6. The molecule has 11 heteroatoms. The number of hydrogen-bond donors (Lipinski definition) is 3. The lowest BCUT2D eigenvalue weighted by Gasteiger charge is -2.21. The van der Waals surface area contributed by atoms with E-state index >= 15 is 0 Å². The van der Waals surface area contributed by atoms with Crippen LogP contribution < -0.4 is 10.6 Å². The number of nitrogens with one attached hydrogen (secondary N) is 2. The molecule has 3 N–H and O–H groups in total. The van der Waals surface area contributed by atoms with Gasteiger partial charge in [0.15, 0.2) is 10.4 Å². The number of anilines is 1. The van der Waals surface area contributed by atoms with Gasteiger partial charge in [-0.05, 0) is 36.2 Å². The van der Waals surface area contributed by atoms with Crippen molar-refractivity contribution in [3.8, 4) is 10.6 Å². The molecule has 0 spiro atoms. The third-order valence-corrected chi connectivity index (χ3v) is 10.3. The largest absolute Gasteiger partial charge is 0.480 e. The molecule has 0 radical (unpaired) electrons. The zero-order valence-electron chi connectivity index (χ0n) is 25.8. The van der Waals surface area contributed by atoms with Crippen LogP contribution in [0, 0.1) is 0 Å². The van der Waals surface area contributed by atoms with Gasteiger partial charge < -0.3 is 10.4 Å². The Bertz CT molecular complexity index is 1550. The average Bonchev–Trinajstić information content (AvgIpc) is 3.60. The molecule has 0 aliphatic carbocycles. The van der Waals surface area contributed by atoms with Gasteiger partial charge in [-0.25, -0.2) is 28.2 Å². The van der Waals surface area contributed by atoms with Crippen LogP contribution in [0.3, 0.4) is 0 Å². The number of hydrogen-bond acceptors (Lipinski definition) is 9. The van der Waals surface area contributed by atoms with Gasteiger partial charge in [0, 0.05) is 29.9 Å². The van der Waals surface area contributed by atoms with E-state index in [1.807, 2.05) is 29.6 Å². The molecule has 0 saturated heterocycles. The molecule has 0 fully saturated rings. The van der Waals surface area contributed by atoms with E-state index in [0.29, 0.717) is 12.2 Å². The predicted octanol–water partition coefficient (Wildman–Crippen LogP) is 7.65. The number of benzene rings is 1. The van der Waals surface area contributed by atoms with Crippen molar-refractivity contribution in [1.82, 2.24) is 20.3 Å². The molecule has 3 aromatic heterocycles. The number of nitrogens with zero attached hydrogens (tertiary/aromatic N) is 3. The maximum atomic E-state index is 13.8. The monoisotopic (exact) mass is 649 g/mol. The quantitative estimate of drug-likeness (QED) is 0.0825. The predicted molar refractivity (Wildman–Crippen MR) is 180 cm³/mol. The molecule has 3 heterocycles. The zero-order valence-corrected chi connectivity index (χ0v) is 27.4. The fourth-order valence-electron chi connectivity index (χ4n) is 5.12. The summed E-state index contributed by atoms with van der Waals surface area (Å²) in [6.07, 6.45) is 14.0. The van der Waals surface area contributed by atoms with Gasteiger partial charge in [0.2, 0.25) is 9.84 Å². The van der Waals surface area contributed by atoms with Crippen molar-refractivity contribution >= 4 is 33.0 Å². The van der Waals surface area contributed by atoms with Crippen LogP contribution in [0.25, 0.3) is 10.6 Å². The van der Waals surface area contributed by atoms with Gasteiger partial charge in [-0.1, -0.05) is 101 Å². The van der Waals surface area contributed by atoms with E-state index in [1.165, 1.54) is 50.8 Å². The number of carboxylic acids is 1. The van der Waals surface area contributed by atoms with Gasteiger partial charge in [-0.3, -0.25) is 5.32 Å². The van der Waals surface area contributed by atoms with Crippen LogP contribution in [-0.2, 0) is 21.2 Å². The Morgan fingerprint density at radius 3 is 2.24 bits per heavy atom. The van der Waals surface area contributed by atoms with Crippen LogP contribution in [0.15, 0.2) is 83.5 Å². The highest BCUT2D eigenvalue weighted by Crippen LogP contribution is 2.27. The van der Waals surface area contributed by atoms with E-state index in [1.54, 1.807) is 47.9 Å². The van der Waals surface area contributed by atoms with Crippen LogP contribution in [0.5, 0.6) is 0 Å². The molecule has 0 saturated carbocycles. The minimum Gasteiger partial charge on any atom is -0.480 e. The smallest absolute Gasteiger partial charge is 0.326 e. The zero-order chi connectivity index (χ0) is 31.9. The highest BCUT2D eigenvalue weighted by atomic mass is 32.2. The van der Waals surface area contributed by atoms with E-state index in [2.05, 4.69) is 32.5 Å². The normalized spacial score (nSPS) is 12.9. The van der Waals surface area contributed by atoms with Crippen molar-refractivity contribution in [3.05, 3.63) is 89.7 Å². The molecule has 2 unspecified atom stereocenters. The summed E-state index contributed by atoms with van der Waals surface area (Å²) >= 11 is 1.55. The van der Waals surface area contributed by atoms with Crippen molar-refractivity contribution < 1.29 is 18.3 Å². The minimum absolute atomic E-state index is 0.0736. The third-order valence-electron chi connectivity index (χ3n) is 7.62. The van der Waals surface area contributed by atoms with Crippen LogP contribution in [0.4, 0.5) is 5.82 Å². The molecular weight excluding hydrogens is 607 g/mol. The first-order chi connectivity index (χ1) is 21.9. The van der Waals surface area contributed by atoms with Gasteiger partial charge in [-0.15, -0.1) is 11.3 Å². The molecule has 45 heavy (non-hydrogen) atoms. The number of rotatable bonds is 20. The van der Waals surface area contributed by atoms with Gasteiger partial charge in [0.05, 0.1) is 5.69 Å². The first-order valence-electron chi connectivity index (χ1n) is 15.7. The molecule has 2 atom stereocenters. The van der Waals surface area contributed by atoms with Gasteiger partial charge >= 0.3 is 5.97 Å². The third kappa shape index (κ3) is 10.4. The Labute approximate surface area is 270 Å². The van der Waals surface area contributed by atoms with Crippen molar-refractivity contribution in [1.29, 1.82) is 0 Å². The maximum absolute atomic E-state index is 13.8. The van der Waals surface area contributed by atoms with Crippen molar-refractivity contribution in [2.24, 2.45) is 0 Å². The molecule has 4 aromatic rings. The minimum atomic E-state index is -4.00. The molecule has 0 amide bonds. The van der Waals surface area contributed by atoms with Crippen LogP contribution in [0.1, 0.15) is 87.8 Å². The Morgan fingerprint density at radius 2 is 1.60 bits per heavy atom. The Kier molecular flexibility index (Phi) is 13.5. The maximum Gasteiger partial charge on any atom is 0.326 e. The number of aromatic nitrogens is 3. The standard InChI is InChI=1S/C34H43N5O4S2/c1-2-3-4-5-6-7-8-9-10-14-29(34(40)41)39-30-16-13-15-28(38-30)33(45(42,43)31-17-11-12-22-35-31)37-25-26-18-20-27(21-19-26)32-36-23-24-44-32/h11-13,15-24,29,33,37H,2-10,14,25H2,1H3,(H,38,39)(H,40,41). The average molecular weight is 650 g/mol. The highest BCUT2D eigenvalue weighted by Gasteiger charge is 2.31. The summed E-state index contributed by atoms with van der Waals surface area (Å²) in [5.41, 5.74) is 2.12. The van der Waals surface area contributed by atoms with E-state index in [0.717, 1.165) is 35.4 Å². The molecule has 0 aliphatic rings. The summed E-state index contributed by atoms with van der Waals surface area (Å²) in [6, 6.07) is 16.7. The van der Waals surface area contributed by atoms with Crippen LogP contribution in [-0.4, -0.2) is 40.5 Å². The lowest BCUT2D eigenvalue weighted by Crippen LogP contribution is -2.31. The molecule has 9 nitrogen and oxygen atoms in total. The SMILES string of the molecule is CCCCCCCCCCCC(Nc1cccc(C(NCc2ccc(-c3nccs3)cc2)S(=O)(=O)c2ccccn2)n1)C(=O)O. The van der Waals surface area contributed by atoms with E-state index in [4.69, 9.17) is 0 Å². The second-order valence-electron chi connectivity index (χ2n) is 11.1. The highest BCUT2D eigenvalue weighted by molar-refractivity contribution is 7.91. The first-order valence-corrected chi connectivity index (χ1v) is 18.1. The number of sulfone groups is 1. The number of carbonyl (C=O) groups is 1. The lowest BCUT2D eigenvalue weighted by atomic mass is 10.0. The lowest BCUT2D eigenvalue weighted by molar-refractivity contribution is -0.138. The Balaban J connectivity index is 1.44. The number of aliphatic carboxylic acids is 1. The summed E-state index contributed by atoms with van der Waals surface area (Å²) in [5.74, 6) is -0.648. The van der Waals surface area contributed by atoms with Gasteiger partial charge in [-0.2, -0.15) is 0 Å². The fraction of sp³-hybridized carbons (Fsp3) is 0.412. The Morgan fingerprint density at radius 1 is 0.867 bits per heavy atom. The molecule has 1 aromatic carbocycles. The van der Waals surface area contributed by atoms with Crippen molar-refractivity contribution in [2.75, 3.05) is 5.32 Å². The van der Waals surface area contributed by atoms with Crippen molar-refractivity contribution in [3.63, 3.8) is 0 Å². The van der Waals surface area contributed by atoms with E-state index < -0.39 is 27.2 Å². The fourth-order valence-corrected chi connectivity index (χ4v) is 7.24. The first kappa shape index (κ1) is 34.2. The molecule has 0 bridgehead atoms. The summed E-state index contributed by atoms with van der Waals surface area (Å²) in [4.78, 5) is 25.1. The number of carboxylic acid groups (broad SMARTS) is 1. The van der Waals surface area contributed by atoms with E-state index in [9.17, 15) is 18.3 Å². The number of thiazole rings is 1. The van der Waals surface area contributed by atoms with Crippen LogP contribution >= 0.6 is 11.3 Å². The van der Waals surface area contributed by atoms with Crippen molar-refractivity contribution in [2.45, 2.75) is 94.1 Å². The second-order valence-corrected chi connectivity index (χ2v) is 14.0. The van der Waals surface area contributed by atoms with Crippen LogP contribution in [0.2, 0.25) is 0 Å². The number of unbranched alkanes of at least 4 members (excludes halogenated alkanes) is 8. The van der Waals surface area contributed by atoms with Gasteiger partial charge in [0.25, 0.3) is 0 Å². The summed E-state index contributed by atoms with van der Waals surface area (Å²) in [5, 5.41) is 17.6. The Hall–Kier alpha value is -3.67. The summed E-state index contributed by atoms with van der Waals surface area (Å²) in [6.45, 7) is 2.47. The molecule has 4 rings (SSSR count).